The summed E-state index contributed by atoms with van der Waals surface area (Å²) in [6.45, 7) is 9.08. The van der Waals surface area contributed by atoms with E-state index in [9.17, 15) is 4.79 Å². The number of imidazole rings is 1. The summed E-state index contributed by atoms with van der Waals surface area (Å²) in [6.07, 6.45) is 3.17. The average molecular weight is 316 g/mol. The van der Waals surface area contributed by atoms with Crippen LogP contribution in [0.25, 0.3) is 0 Å². The van der Waals surface area contributed by atoms with Crippen molar-refractivity contribution in [1.82, 2.24) is 9.55 Å². The molecule has 0 aliphatic rings. The van der Waals surface area contributed by atoms with Gasteiger partial charge in [-0.05, 0) is 39.8 Å². The van der Waals surface area contributed by atoms with E-state index in [4.69, 9.17) is 4.74 Å². The number of nitrogens with one attached hydrogen (secondary N) is 2. The predicted octanol–water partition coefficient (Wildman–Crippen LogP) is 3.86. The number of rotatable bonds is 5. The molecule has 6 nitrogen and oxygen atoms in total. The zero-order chi connectivity index (χ0) is 16.9. The van der Waals surface area contributed by atoms with Crippen molar-refractivity contribution in [2.24, 2.45) is 0 Å². The van der Waals surface area contributed by atoms with Gasteiger partial charge in [-0.2, -0.15) is 0 Å². The maximum absolute atomic E-state index is 11.9. The second-order valence-electron chi connectivity index (χ2n) is 6.20. The second kappa shape index (κ2) is 7.17. The van der Waals surface area contributed by atoms with Gasteiger partial charge in [0.25, 0.3) is 0 Å². The van der Waals surface area contributed by atoms with Crippen molar-refractivity contribution in [3.63, 3.8) is 0 Å². The molecule has 0 bridgehead atoms. The molecule has 2 rings (SSSR count). The molecule has 0 saturated heterocycles. The zero-order valence-electron chi connectivity index (χ0n) is 14.1. The Morgan fingerprint density at radius 3 is 2.61 bits per heavy atom. The second-order valence-corrected chi connectivity index (χ2v) is 6.20. The number of para-hydroxylation sites is 2. The Bertz CT molecular complexity index is 659. The van der Waals surface area contributed by atoms with Crippen LogP contribution in [0.15, 0.2) is 36.8 Å². The van der Waals surface area contributed by atoms with Crippen molar-refractivity contribution >= 4 is 17.5 Å². The summed E-state index contributed by atoms with van der Waals surface area (Å²) >= 11 is 0. The van der Waals surface area contributed by atoms with Gasteiger partial charge in [0, 0.05) is 12.7 Å². The summed E-state index contributed by atoms with van der Waals surface area (Å²) in [5.74, 6) is 0. The third kappa shape index (κ3) is 5.02. The number of hydrogen-bond acceptors (Lipinski definition) is 4. The van der Waals surface area contributed by atoms with Crippen LogP contribution in [0.4, 0.5) is 16.2 Å². The van der Waals surface area contributed by atoms with Gasteiger partial charge in [-0.1, -0.05) is 12.1 Å². The minimum Gasteiger partial charge on any atom is -0.444 e. The molecule has 1 amide bonds. The molecule has 0 spiro atoms. The van der Waals surface area contributed by atoms with Crippen LogP contribution in [-0.2, 0) is 17.8 Å². The lowest BCUT2D eigenvalue weighted by Gasteiger charge is -2.20. The smallest absolute Gasteiger partial charge is 0.412 e. The SMILES string of the molecule is CCn1cncc1CNc1ccccc1NC(=O)OC(C)(C)C. The number of nitrogens with zero attached hydrogens (tertiary/aromatic N) is 2. The first-order valence-corrected chi connectivity index (χ1v) is 7.71. The summed E-state index contributed by atoms with van der Waals surface area (Å²) in [5, 5.41) is 6.11. The van der Waals surface area contributed by atoms with E-state index in [2.05, 4.69) is 27.1 Å². The van der Waals surface area contributed by atoms with Crippen molar-refractivity contribution in [1.29, 1.82) is 0 Å². The Kier molecular flexibility index (Phi) is 5.26. The largest absolute Gasteiger partial charge is 0.444 e. The average Bonchev–Trinajstić information content (AvgIpc) is 2.91. The first-order chi connectivity index (χ1) is 10.9. The normalized spacial score (nSPS) is 11.1. The Morgan fingerprint density at radius 1 is 1.26 bits per heavy atom. The molecular weight excluding hydrogens is 292 g/mol. The molecule has 0 fully saturated rings. The van der Waals surface area contributed by atoms with E-state index in [1.165, 1.54) is 0 Å². The van der Waals surface area contributed by atoms with Gasteiger partial charge in [-0.15, -0.1) is 0 Å². The van der Waals surface area contributed by atoms with Gasteiger partial charge in [-0.25, -0.2) is 9.78 Å². The standard InChI is InChI=1S/C17H24N4O2/c1-5-21-12-18-10-13(21)11-19-14-8-6-7-9-15(14)20-16(22)23-17(2,3)4/h6-10,12,19H,5,11H2,1-4H3,(H,20,22). The molecule has 1 aromatic heterocycles. The fourth-order valence-corrected chi connectivity index (χ4v) is 2.13. The zero-order valence-corrected chi connectivity index (χ0v) is 14.1. The van der Waals surface area contributed by atoms with Crippen molar-refractivity contribution in [2.75, 3.05) is 10.6 Å². The predicted molar refractivity (Wildman–Crippen MR) is 91.5 cm³/mol. The molecule has 0 aliphatic heterocycles. The molecule has 0 saturated carbocycles. The number of benzene rings is 1. The van der Waals surface area contributed by atoms with Gasteiger partial charge >= 0.3 is 6.09 Å². The third-order valence-electron chi connectivity index (χ3n) is 3.16. The molecule has 2 aromatic rings. The van der Waals surface area contributed by atoms with Crippen LogP contribution in [0.1, 0.15) is 33.4 Å². The molecule has 0 radical (unpaired) electrons. The Balaban J connectivity index is 2.04. The number of aryl methyl sites for hydroxylation is 1. The number of amides is 1. The summed E-state index contributed by atoms with van der Waals surface area (Å²) < 4.78 is 7.36. The van der Waals surface area contributed by atoms with Crippen LogP contribution in [0.5, 0.6) is 0 Å². The topological polar surface area (TPSA) is 68.2 Å². The summed E-state index contributed by atoms with van der Waals surface area (Å²) in [5.41, 5.74) is 2.08. The molecule has 0 unspecified atom stereocenters. The van der Waals surface area contributed by atoms with E-state index < -0.39 is 11.7 Å². The maximum Gasteiger partial charge on any atom is 0.412 e. The number of carbonyl (C=O) groups excluding carboxylic acids is 1. The van der Waals surface area contributed by atoms with Crippen LogP contribution < -0.4 is 10.6 Å². The number of carbonyl (C=O) groups is 1. The molecule has 0 aliphatic carbocycles. The van der Waals surface area contributed by atoms with Crippen LogP contribution >= 0.6 is 0 Å². The highest BCUT2D eigenvalue weighted by Crippen LogP contribution is 2.22. The summed E-state index contributed by atoms with van der Waals surface area (Å²) in [7, 11) is 0. The maximum atomic E-state index is 11.9. The fraction of sp³-hybridized carbons (Fsp3) is 0.412. The number of hydrogen-bond donors (Lipinski definition) is 2. The Hall–Kier alpha value is -2.50. The lowest BCUT2D eigenvalue weighted by atomic mass is 10.2. The van der Waals surface area contributed by atoms with Crippen LogP contribution in [0.2, 0.25) is 0 Å². The van der Waals surface area contributed by atoms with Crippen LogP contribution in [-0.4, -0.2) is 21.2 Å². The first-order valence-electron chi connectivity index (χ1n) is 7.71. The minimum absolute atomic E-state index is 0.467. The molecule has 0 atom stereocenters. The summed E-state index contributed by atoms with van der Waals surface area (Å²) in [4.78, 5) is 16.1. The molecular formula is C17H24N4O2. The van der Waals surface area contributed by atoms with E-state index in [1.807, 2.05) is 57.6 Å². The van der Waals surface area contributed by atoms with Crippen LogP contribution in [0, 0.1) is 0 Å². The van der Waals surface area contributed by atoms with Gasteiger partial charge in [0.05, 0.1) is 29.9 Å². The summed E-state index contributed by atoms with van der Waals surface area (Å²) in [6, 6.07) is 7.54. The monoisotopic (exact) mass is 316 g/mol. The van der Waals surface area contributed by atoms with E-state index in [0.29, 0.717) is 12.2 Å². The molecule has 6 heteroatoms. The van der Waals surface area contributed by atoms with Crippen molar-refractivity contribution in [2.45, 2.75) is 46.4 Å². The van der Waals surface area contributed by atoms with Crippen molar-refractivity contribution in [3.05, 3.63) is 42.5 Å². The number of aromatic nitrogens is 2. The third-order valence-corrected chi connectivity index (χ3v) is 3.16. The van der Waals surface area contributed by atoms with Gasteiger partial charge < -0.3 is 14.6 Å². The quantitative estimate of drug-likeness (QED) is 0.879. The van der Waals surface area contributed by atoms with Crippen LogP contribution in [0.3, 0.4) is 0 Å². The first kappa shape index (κ1) is 16.9. The number of anilines is 2. The van der Waals surface area contributed by atoms with Gasteiger partial charge in [0.1, 0.15) is 5.60 Å². The molecule has 1 aromatic carbocycles. The number of ether oxygens (including phenoxy) is 1. The van der Waals surface area contributed by atoms with Crippen molar-refractivity contribution in [3.8, 4) is 0 Å². The Morgan fingerprint density at radius 2 is 1.96 bits per heavy atom. The molecule has 1 heterocycles. The van der Waals surface area contributed by atoms with Gasteiger partial charge in [0.2, 0.25) is 0 Å². The van der Waals surface area contributed by atoms with E-state index in [-0.39, 0.29) is 0 Å². The minimum atomic E-state index is -0.528. The highest BCUT2D eigenvalue weighted by molar-refractivity contribution is 5.89. The van der Waals surface area contributed by atoms with Gasteiger partial charge in [-0.3, -0.25) is 5.32 Å². The van der Waals surface area contributed by atoms with Crippen molar-refractivity contribution < 1.29 is 9.53 Å². The van der Waals surface area contributed by atoms with E-state index in [1.54, 1.807) is 0 Å². The lowest BCUT2D eigenvalue weighted by Crippen LogP contribution is -2.27. The highest BCUT2D eigenvalue weighted by Gasteiger charge is 2.17. The van der Waals surface area contributed by atoms with E-state index >= 15 is 0 Å². The molecule has 23 heavy (non-hydrogen) atoms. The fourth-order valence-electron chi connectivity index (χ4n) is 2.13. The highest BCUT2D eigenvalue weighted by atomic mass is 16.6. The lowest BCUT2D eigenvalue weighted by molar-refractivity contribution is 0.0636. The molecule has 124 valence electrons. The van der Waals surface area contributed by atoms with Gasteiger partial charge in [0.15, 0.2) is 0 Å². The Labute approximate surface area is 136 Å². The van der Waals surface area contributed by atoms with E-state index in [0.717, 1.165) is 17.9 Å². The molecule has 2 N–H and O–H groups in total.